The molecule has 0 unspecified atom stereocenters. The summed E-state index contributed by atoms with van der Waals surface area (Å²) in [4.78, 5) is 11.6. The van der Waals surface area contributed by atoms with Gasteiger partial charge in [-0.15, -0.1) is 11.3 Å². The van der Waals surface area contributed by atoms with Crippen molar-refractivity contribution >= 4 is 33.2 Å². The molecule has 6 heteroatoms. The number of aromatic amines is 1. The molecule has 0 fully saturated rings. The molecule has 0 aliphatic rings. The molecule has 2 aromatic rings. The number of nitrogens with zero attached hydrogens (tertiary/aromatic N) is 1. The first-order valence-electron chi connectivity index (χ1n) is 4.66. The van der Waals surface area contributed by atoms with Crippen molar-refractivity contribution in [2.24, 2.45) is 0 Å². The molecule has 16 heavy (non-hydrogen) atoms. The molecule has 0 radical (unpaired) electrons. The van der Waals surface area contributed by atoms with Crippen molar-refractivity contribution in [3.63, 3.8) is 0 Å². The summed E-state index contributed by atoms with van der Waals surface area (Å²) in [5, 5.41) is 15.5. The van der Waals surface area contributed by atoms with Gasteiger partial charge >= 0.3 is 5.97 Å². The van der Waals surface area contributed by atoms with Crippen LogP contribution in [-0.4, -0.2) is 21.3 Å². The van der Waals surface area contributed by atoms with Crippen LogP contribution in [0.5, 0.6) is 0 Å². The summed E-state index contributed by atoms with van der Waals surface area (Å²) in [6, 6.07) is 3.94. The Labute approximate surface area is 104 Å². The van der Waals surface area contributed by atoms with Gasteiger partial charge in [-0.2, -0.15) is 5.10 Å². The monoisotopic (exact) mass is 300 g/mol. The smallest absolute Gasteiger partial charge is 0.303 e. The lowest BCUT2D eigenvalue weighted by Gasteiger charge is -1.98. The zero-order chi connectivity index (χ0) is 11.5. The summed E-state index contributed by atoms with van der Waals surface area (Å²) < 4.78 is 1.04. The molecule has 2 N–H and O–H groups in total. The predicted molar refractivity (Wildman–Crippen MR) is 65.6 cm³/mol. The molecule has 0 aliphatic carbocycles. The lowest BCUT2D eigenvalue weighted by Crippen LogP contribution is -1.97. The van der Waals surface area contributed by atoms with E-state index in [1.54, 1.807) is 17.5 Å². The highest BCUT2D eigenvalue weighted by molar-refractivity contribution is 9.11. The van der Waals surface area contributed by atoms with Gasteiger partial charge < -0.3 is 5.11 Å². The quantitative estimate of drug-likeness (QED) is 0.912. The van der Waals surface area contributed by atoms with Crippen LogP contribution in [0.1, 0.15) is 12.0 Å². The SMILES string of the molecule is O=C(O)CCc1cn[nH]c1-c1ccc(Br)s1. The second-order valence-corrected chi connectivity index (χ2v) is 5.73. The molecule has 2 rings (SSSR count). The first-order chi connectivity index (χ1) is 7.66. The summed E-state index contributed by atoms with van der Waals surface area (Å²) in [7, 11) is 0. The molecular weight excluding hydrogens is 292 g/mol. The summed E-state index contributed by atoms with van der Waals surface area (Å²) in [5.74, 6) is -0.792. The third-order valence-corrected chi connectivity index (χ3v) is 3.79. The van der Waals surface area contributed by atoms with Gasteiger partial charge in [-0.3, -0.25) is 9.89 Å². The van der Waals surface area contributed by atoms with Crippen LogP contribution >= 0.6 is 27.3 Å². The van der Waals surface area contributed by atoms with E-state index in [1.807, 2.05) is 12.1 Å². The van der Waals surface area contributed by atoms with Crippen LogP contribution in [0.4, 0.5) is 0 Å². The van der Waals surface area contributed by atoms with Gasteiger partial charge in [0.2, 0.25) is 0 Å². The van der Waals surface area contributed by atoms with E-state index in [2.05, 4.69) is 26.1 Å². The molecule has 0 aromatic carbocycles. The molecular formula is C10H9BrN2O2S. The Morgan fingerprint density at radius 3 is 3.00 bits per heavy atom. The van der Waals surface area contributed by atoms with Gasteiger partial charge in [0.15, 0.2) is 0 Å². The number of hydrogen-bond acceptors (Lipinski definition) is 3. The normalized spacial score (nSPS) is 10.6. The zero-order valence-corrected chi connectivity index (χ0v) is 10.6. The van der Waals surface area contributed by atoms with Crippen LogP contribution in [0.2, 0.25) is 0 Å². The number of carboxylic acids is 1. The number of rotatable bonds is 4. The lowest BCUT2D eigenvalue weighted by atomic mass is 10.1. The Hall–Kier alpha value is -1.14. The minimum atomic E-state index is -0.792. The van der Waals surface area contributed by atoms with E-state index < -0.39 is 5.97 Å². The zero-order valence-electron chi connectivity index (χ0n) is 8.24. The van der Waals surface area contributed by atoms with Gasteiger partial charge in [-0.05, 0) is 40.0 Å². The Kier molecular flexibility index (Phi) is 3.40. The van der Waals surface area contributed by atoms with E-state index in [0.717, 1.165) is 19.9 Å². The highest BCUT2D eigenvalue weighted by Gasteiger charge is 2.10. The maximum Gasteiger partial charge on any atom is 0.303 e. The van der Waals surface area contributed by atoms with Gasteiger partial charge in [0.1, 0.15) is 0 Å². The maximum atomic E-state index is 10.5. The Bertz CT molecular complexity index is 506. The summed E-state index contributed by atoms with van der Waals surface area (Å²) >= 11 is 4.99. The number of aryl methyl sites for hydroxylation is 1. The number of halogens is 1. The lowest BCUT2D eigenvalue weighted by molar-refractivity contribution is -0.136. The number of carbonyl (C=O) groups is 1. The number of H-pyrrole nitrogens is 1. The van der Waals surface area contributed by atoms with Crippen molar-refractivity contribution in [3.05, 3.63) is 27.7 Å². The molecule has 0 bridgehead atoms. The standard InChI is InChI=1S/C10H9BrN2O2S/c11-8-3-2-7(16-8)10-6(5-12-13-10)1-4-9(14)15/h2-3,5H,1,4H2,(H,12,13)(H,14,15). The van der Waals surface area contributed by atoms with Crippen molar-refractivity contribution in [2.45, 2.75) is 12.8 Å². The fourth-order valence-corrected chi connectivity index (χ4v) is 2.82. The van der Waals surface area contributed by atoms with Crippen LogP contribution in [0.25, 0.3) is 10.6 Å². The van der Waals surface area contributed by atoms with Crippen LogP contribution < -0.4 is 0 Å². The van der Waals surface area contributed by atoms with E-state index in [9.17, 15) is 4.79 Å². The number of nitrogens with one attached hydrogen (secondary N) is 1. The van der Waals surface area contributed by atoms with Crippen molar-refractivity contribution < 1.29 is 9.90 Å². The summed E-state index contributed by atoms with van der Waals surface area (Å²) in [6.07, 6.45) is 2.31. The second kappa shape index (κ2) is 4.80. The van der Waals surface area contributed by atoms with Crippen molar-refractivity contribution in [1.29, 1.82) is 0 Å². The van der Waals surface area contributed by atoms with Crippen molar-refractivity contribution in [1.82, 2.24) is 10.2 Å². The highest BCUT2D eigenvalue weighted by Crippen LogP contribution is 2.32. The maximum absolute atomic E-state index is 10.5. The minimum Gasteiger partial charge on any atom is -0.481 e. The highest BCUT2D eigenvalue weighted by atomic mass is 79.9. The number of aliphatic carboxylic acids is 1. The van der Waals surface area contributed by atoms with Gasteiger partial charge in [0.25, 0.3) is 0 Å². The molecule has 84 valence electrons. The molecule has 2 aromatic heterocycles. The molecule has 0 amide bonds. The summed E-state index contributed by atoms with van der Waals surface area (Å²) in [5.41, 5.74) is 1.86. The number of aromatic nitrogens is 2. The average Bonchev–Trinajstić information content (AvgIpc) is 2.82. The third kappa shape index (κ3) is 2.51. The van der Waals surface area contributed by atoms with Crippen molar-refractivity contribution in [2.75, 3.05) is 0 Å². The number of hydrogen-bond donors (Lipinski definition) is 2. The van der Waals surface area contributed by atoms with Crippen LogP contribution in [-0.2, 0) is 11.2 Å². The van der Waals surface area contributed by atoms with Crippen LogP contribution in [0.15, 0.2) is 22.1 Å². The van der Waals surface area contributed by atoms with E-state index in [4.69, 9.17) is 5.11 Å². The molecule has 0 atom stereocenters. The molecule has 0 spiro atoms. The van der Waals surface area contributed by atoms with Gasteiger partial charge in [0.05, 0.1) is 20.6 Å². The molecule has 4 nitrogen and oxygen atoms in total. The Balaban J connectivity index is 2.22. The Morgan fingerprint density at radius 1 is 1.56 bits per heavy atom. The first kappa shape index (κ1) is 11.3. The van der Waals surface area contributed by atoms with Crippen molar-refractivity contribution in [3.8, 4) is 10.6 Å². The third-order valence-electron chi connectivity index (χ3n) is 2.15. The van der Waals surface area contributed by atoms with Gasteiger partial charge in [-0.25, -0.2) is 0 Å². The molecule has 0 aliphatic heterocycles. The fourth-order valence-electron chi connectivity index (χ4n) is 1.40. The van der Waals surface area contributed by atoms with Gasteiger partial charge in [0, 0.05) is 6.42 Å². The van der Waals surface area contributed by atoms with E-state index >= 15 is 0 Å². The van der Waals surface area contributed by atoms with Gasteiger partial charge in [-0.1, -0.05) is 0 Å². The second-order valence-electron chi connectivity index (χ2n) is 3.27. The minimum absolute atomic E-state index is 0.124. The molecule has 2 heterocycles. The number of thiophene rings is 1. The molecule has 0 saturated carbocycles. The number of carboxylic acid groups (broad SMARTS) is 1. The topological polar surface area (TPSA) is 66.0 Å². The van der Waals surface area contributed by atoms with Crippen LogP contribution in [0.3, 0.4) is 0 Å². The fraction of sp³-hybridized carbons (Fsp3) is 0.200. The Morgan fingerprint density at radius 2 is 2.38 bits per heavy atom. The summed E-state index contributed by atoms with van der Waals surface area (Å²) in [6.45, 7) is 0. The average molecular weight is 301 g/mol. The van der Waals surface area contributed by atoms with E-state index in [-0.39, 0.29) is 6.42 Å². The van der Waals surface area contributed by atoms with Crippen LogP contribution in [0, 0.1) is 0 Å². The van der Waals surface area contributed by atoms with E-state index in [1.165, 1.54) is 0 Å². The van der Waals surface area contributed by atoms with E-state index in [0.29, 0.717) is 6.42 Å². The predicted octanol–water partition coefficient (Wildman–Crippen LogP) is 2.92. The first-order valence-corrected chi connectivity index (χ1v) is 6.27. The largest absolute Gasteiger partial charge is 0.481 e. The molecule has 0 saturated heterocycles.